The lowest BCUT2D eigenvalue weighted by Gasteiger charge is -2.15. The Bertz CT molecular complexity index is 1270. The first-order valence-electron chi connectivity index (χ1n) is 9.12. The van der Waals surface area contributed by atoms with E-state index in [0.29, 0.717) is 11.4 Å². The lowest BCUT2D eigenvalue weighted by molar-refractivity contribution is -0.119. The fraction of sp³-hybridized carbons (Fsp3) is 0.150. The van der Waals surface area contributed by atoms with Gasteiger partial charge in [0.05, 0.1) is 10.6 Å². The normalized spacial score (nSPS) is 12.1. The highest BCUT2D eigenvalue weighted by Crippen LogP contribution is 2.17. The molecule has 1 unspecified atom stereocenters. The summed E-state index contributed by atoms with van der Waals surface area (Å²) in [6, 6.07) is 10.7. The highest BCUT2D eigenvalue weighted by atomic mass is 32.2. The van der Waals surface area contributed by atoms with Gasteiger partial charge in [0.15, 0.2) is 0 Å². The number of anilines is 1. The van der Waals surface area contributed by atoms with Crippen molar-refractivity contribution in [2.75, 3.05) is 5.32 Å². The van der Waals surface area contributed by atoms with Crippen LogP contribution in [0.25, 0.3) is 11.3 Å². The number of hydrogen-bond donors (Lipinski definition) is 2. The lowest BCUT2D eigenvalue weighted by atomic mass is 10.2. The van der Waals surface area contributed by atoms with Gasteiger partial charge in [-0.15, -0.1) is 0 Å². The Morgan fingerprint density at radius 3 is 2.26 bits per heavy atom. The van der Waals surface area contributed by atoms with Gasteiger partial charge in [-0.05, 0) is 49.4 Å². The Hall–Kier alpha value is -3.86. The van der Waals surface area contributed by atoms with Crippen molar-refractivity contribution in [2.45, 2.75) is 24.8 Å². The van der Waals surface area contributed by atoms with Crippen molar-refractivity contribution in [3.63, 3.8) is 0 Å². The Kier molecular flexibility index (Phi) is 6.25. The third kappa shape index (κ3) is 5.20. The maximum atomic E-state index is 12.6. The van der Waals surface area contributed by atoms with Gasteiger partial charge in [-0.3, -0.25) is 19.4 Å². The molecule has 0 aliphatic rings. The number of rotatable bonds is 6. The summed E-state index contributed by atoms with van der Waals surface area (Å²) in [5.41, 5.74) is 1.12. The highest BCUT2D eigenvalue weighted by Gasteiger charge is 2.19. The quantitative estimate of drug-likeness (QED) is 0.588. The van der Waals surface area contributed by atoms with Crippen molar-refractivity contribution in [1.82, 2.24) is 19.5 Å². The van der Waals surface area contributed by atoms with E-state index in [2.05, 4.69) is 15.4 Å². The molecule has 3 aromatic rings. The third-order valence-corrected chi connectivity index (χ3v) is 5.71. The summed E-state index contributed by atoms with van der Waals surface area (Å²) in [6.07, 6.45) is 3.19. The first-order valence-corrected chi connectivity index (χ1v) is 10.6. The van der Waals surface area contributed by atoms with Gasteiger partial charge in [0.25, 0.3) is 15.6 Å². The minimum atomic E-state index is -3.97. The van der Waals surface area contributed by atoms with Crippen LogP contribution in [0.2, 0.25) is 0 Å². The number of pyridine rings is 1. The zero-order valence-electron chi connectivity index (χ0n) is 16.6. The van der Waals surface area contributed by atoms with Crippen LogP contribution in [-0.2, 0) is 19.6 Å². The van der Waals surface area contributed by atoms with E-state index in [-0.39, 0.29) is 4.90 Å². The van der Waals surface area contributed by atoms with Crippen LogP contribution in [0.4, 0.5) is 5.69 Å². The molecule has 2 aromatic heterocycles. The summed E-state index contributed by atoms with van der Waals surface area (Å²) in [6.45, 7) is 2.61. The summed E-state index contributed by atoms with van der Waals surface area (Å²) >= 11 is 0. The predicted molar refractivity (Wildman–Crippen MR) is 113 cm³/mol. The molecule has 160 valence electrons. The van der Waals surface area contributed by atoms with E-state index in [1.165, 1.54) is 37.3 Å². The van der Waals surface area contributed by atoms with Crippen LogP contribution in [0.1, 0.15) is 19.9 Å². The Balaban J connectivity index is 1.78. The molecule has 0 saturated heterocycles. The zero-order valence-corrected chi connectivity index (χ0v) is 17.5. The fourth-order valence-electron chi connectivity index (χ4n) is 2.70. The molecule has 0 bridgehead atoms. The molecule has 11 heteroatoms. The van der Waals surface area contributed by atoms with Crippen LogP contribution < -0.4 is 15.6 Å². The highest BCUT2D eigenvalue weighted by molar-refractivity contribution is 7.90. The molecule has 1 atom stereocenters. The maximum Gasteiger partial charge on any atom is 0.267 e. The van der Waals surface area contributed by atoms with E-state index >= 15 is 0 Å². The molecule has 3 rings (SSSR count). The van der Waals surface area contributed by atoms with Crippen LogP contribution in [0.5, 0.6) is 0 Å². The van der Waals surface area contributed by atoms with Crippen molar-refractivity contribution < 1.29 is 18.0 Å². The summed E-state index contributed by atoms with van der Waals surface area (Å²) in [5, 5.41) is 6.89. The van der Waals surface area contributed by atoms with Gasteiger partial charge >= 0.3 is 0 Å². The molecule has 0 fully saturated rings. The van der Waals surface area contributed by atoms with Crippen LogP contribution in [0.15, 0.2) is 70.6 Å². The average molecular weight is 441 g/mol. The monoisotopic (exact) mass is 441 g/mol. The Morgan fingerprint density at radius 2 is 1.65 bits per heavy atom. The number of hydrogen-bond acceptors (Lipinski definition) is 7. The number of amides is 2. The minimum Gasteiger partial charge on any atom is -0.324 e. The van der Waals surface area contributed by atoms with Crippen molar-refractivity contribution in [2.24, 2.45) is 0 Å². The summed E-state index contributed by atoms with van der Waals surface area (Å²) in [4.78, 5) is 39.7. The molecule has 1 aromatic carbocycles. The predicted octanol–water partition coefficient (Wildman–Crippen LogP) is 1.33. The van der Waals surface area contributed by atoms with E-state index in [9.17, 15) is 22.8 Å². The molecule has 31 heavy (non-hydrogen) atoms. The van der Waals surface area contributed by atoms with Gasteiger partial charge in [-0.1, -0.05) is 0 Å². The topological polar surface area (TPSA) is 140 Å². The first-order chi connectivity index (χ1) is 14.7. The second-order valence-corrected chi connectivity index (χ2v) is 8.27. The van der Waals surface area contributed by atoms with E-state index < -0.39 is 33.4 Å². The van der Waals surface area contributed by atoms with Crippen LogP contribution in [-0.4, -0.2) is 35.0 Å². The van der Waals surface area contributed by atoms with Crippen molar-refractivity contribution in [1.29, 1.82) is 0 Å². The molecular weight excluding hydrogens is 422 g/mol. The summed E-state index contributed by atoms with van der Waals surface area (Å²) in [5.74, 6) is -1.22. The van der Waals surface area contributed by atoms with Crippen molar-refractivity contribution >= 4 is 27.5 Å². The molecule has 2 amide bonds. The Labute approximate surface area is 178 Å². The van der Waals surface area contributed by atoms with Gasteiger partial charge in [0.2, 0.25) is 11.8 Å². The van der Waals surface area contributed by atoms with Crippen LogP contribution in [0, 0.1) is 0 Å². The third-order valence-electron chi connectivity index (χ3n) is 4.26. The minimum absolute atomic E-state index is 0.128. The summed E-state index contributed by atoms with van der Waals surface area (Å²) < 4.78 is 26.9. The number of sulfonamides is 1. The number of aromatic nitrogens is 3. The molecule has 0 aliphatic carbocycles. The largest absolute Gasteiger partial charge is 0.324 e. The molecule has 2 N–H and O–H groups in total. The molecule has 0 spiro atoms. The second kappa shape index (κ2) is 8.88. The molecule has 0 aliphatic heterocycles. The van der Waals surface area contributed by atoms with Gasteiger partial charge in [-0.25, -0.2) is 17.8 Å². The number of benzene rings is 1. The molecule has 10 nitrogen and oxygen atoms in total. The Morgan fingerprint density at radius 1 is 1.00 bits per heavy atom. The van der Waals surface area contributed by atoms with Crippen molar-refractivity contribution in [3.8, 4) is 11.3 Å². The van der Waals surface area contributed by atoms with E-state index in [0.717, 1.165) is 17.2 Å². The average Bonchev–Trinajstić information content (AvgIpc) is 2.73. The lowest BCUT2D eigenvalue weighted by Crippen LogP contribution is -2.33. The van der Waals surface area contributed by atoms with Gasteiger partial charge < -0.3 is 5.32 Å². The number of nitrogens with zero attached hydrogens (tertiary/aromatic N) is 3. The zero-order chi connectivity index (χ0) is 22.6. The number of nitrogens with one attached hydrogen (secondary N) is 2. The van der Waals surface area contributed by atoms with Crippen LogP contribution in [0.3, 0.4) is 0 Å². The molecule has 0 saturated carbocycles. The van der Waals surface area contributed by atoms with Gasteiger partial charge in [0, 0.05) is 36.6 Å². The standard InChI is InChI=1S/C20H19N5O5S/c1-13(25-19(27)8-7-18(23-25)15-9-11-21-12-10-15)20(28)22-16-3-5-17(6-4-16)31(29,30)24-14(2)26/h3-13H,1-2H3,(H,22,28)(H,24,26). The smallest absolute Gasteiger partial charge is 0.267 e. The van der Waals surface area contributed by atoms with Gasteiger partial charge in [-0.2, -0.15) is 5.10 Å². The van der Waals surface area contributed by atoms with E-state index in [1.807, 2.05) is 4.72 Å². The van der Waals surface area contributed by atoms with E-state index in [1.54, 1.807) is 30.6 Å². The van der Waals surface area contributed by atoms with Crippen molar-refractivity contribution in [3.05, 3.63) is 71.3 Å². The first kappa shape index (κ1) is 21.8. The number of carbonyl (C=O) groups is 2. The van der Waals surface area contributed by atoms with Gasteiger partial charge in [0.1, 0.15) is 6.04 Å². The molecule has 2 heterocycles. The maximum absolute atomic E-state index is 12.6. The van der Waals surface area contributed by atoms with Crippen LogP contribution >= 0.6 is 0 Å². The number of carbonyl (C=O) groups excluding carboxylic acids is 2. The van der Waals surface area contributed by atoms with E-state index in [4.69, 9.17) is 0 Å². The second-order valence-electron chi connectivity index (χ2n) is 6.59. The fourth-order valence-corrected chi connectivity index (χ4v) is 3.69. The summed E-state index contributed by atoms with van der Waals surface area (Å²) in [7, 11) is -3.97. The molecular formula is C20H19N5O5S. The SMILES string of the molecule is CC(=O)NS(=O)(=O)c1ccc(NC(=O)C(C)n2nc(-c3ccncc3)ccc2=O)cc1. The molecule has 0 radical (unpaired) electrons.